The molecule has 2 aromatic rings. The highest BCUT2D eigenvalue weighted by molar-refractivity contribution is 5.75. The molecular weight excluding hydrogens is 364 g/mol. The molecule has 1 atom stereocenters. The summed E-state index contributed by atoms with van der Waals surface area (Å²) in [6, 6.07) is 6.00. The molecule has 7 nitrogen and oxygen atoms in total. The minimum absolute atomic E-state index is 0.143. The molecule has 1 amide bonds. The normalized spacial score (nSPS) is 16.4. The van der Waals surface area contributed by atoms with Crippen LogP contribution in [0, 0.1) is 5.92 Å². The predicted octanol–water partition coefficient (Wildman–Crippen LogP) is 3.05. The highest BCUT2D eigenvalue weighted by Gasteiger charge is 2.22. The fourth-order valence-corrected chi connectivity index (χ4v) is 3.70. The van der Waals surface area contributed by atoms with Crippen LogP contribution >= 0.6 is 0 Å². The Morgan fingerprint density at radius 3 is 2.93 bits per heavy atom. The summed E-state index contributed by atoms with van der Waals surface area (Å²) in [4.78, 5) is 27.3. The number of carbonyl (C=O) groups excluding carboxylic acids is 1. The average molecular weight is 397 g/mol. The van der Waals surface area contributed by atoms with Crippen LogP contribution in [-0.2, 0) is 11.2 Å². The summed E-state index contributed by atoms with van der Waals surface area (Å²) in [6.07, 6.45) is 10.9. The molecule has 1 saturated heterocycles. The number of carbonyl (C=O) groups is 1. The van der Waals surface area contributed by atoms with Gasteiger partial charge in [0.1, 0.15) is 18.0 Å². The Balaban J connectivity index is 1.41. The van der Waals surface area contributed by atoms with E-state index >= 15 is 0 Å². The van der Waals surface area contributed by atoms with Crippen molar-refractivity contribution in [2.45, 2.75) is 45.4 Å². The lowest BCUT2D eigenvalue weighted by molar-refractivity contribution is -0.121. The molecule has 1 aliphatic heterocycles. The molecular formula is C22H32N6O. The number of hydrogen-bond donors (Lipinski definition) is 2. The second-order valence-corrected chi connectivity index (χ2v) is 7.64. The zero-order valence-corrected chi connectivity index (χ0v) is 17.3. The Hall–Kier alpha value is -2.70. The van der Waals surface area contributed by atoms with Crippen molar-refractivity contribution in [3.8, 4) is 0 Å². The fraction of sp³-hybridized carbons (Fsp3) is 0.545. The predicted molar refractivity (Wildman–Crippen MR) is 116 cm³/mol. The lowest BCUT2D eigenvalue weighted by Crippen LogP contribution is -2.36. The topological polar surface area (TPSA) is 83.0 Å². The second-order valence-electron chi connectivity index (χ2n) is 7.64. The number of rotatable bonds is 10. The van der Waals surface area contributed by atoms with Crippen LogP contribution in [0.2, 0.25) is 0 Å². The monoisotopic (exact) mass is 396 g/mol. The van der Waals surface area contributed by atoms with E-state index in [0.29, 0.717) is 18.9 Å². The van der Waals surface area contributed by atoms with Gasteiger partial charge in [-0.1, -0.05) is 6.92 Å². The fourth-order valence-electron chi connectivity index (χ4n) is 3.70. The number of aromatic nitrogens is 3. The molecule has 2 aromatic heterocycles. The zero-order chi connectivity index (χ0) is 20.3. The highest BCUT2D eigenvalue weighted by Crippen LogP contribution is 2.25. The quantitative estimate of drug-likeness (QED) is 0.642. The van der Waals surface area contributed by atoms with Crippen LogP contribution in [0.15, 0.2) is 36.9 Å². The van der Waals surface area contributed by atoms with E-state index in [9.17, 15) is 4.79 Å². The number of nitrogens with zero attached hydrogens (tertiary/aromatic N) is 4. The van der Waals surface area contributed by atoms with Crippen molar-refractivity contribution in [3.63, 3.8) is 0 Å². The van der Waals surface area contributed by atoms with Crippen molar-refractivity contribution < 1.29 is 4.79 Å². The Labute approximate surface area is 173 Å². The number of amides is 1. The lowest BCUT2D eigenvalue weighted by Gasteiger charge is -2.33. The van der Waals surface area contributed by atoms with Crippen LogP contribution in [0.3, 0.4) is 0 Å². The van der Waals surface area contributed by atoms with Crippen molar-refractivity contribution in [1.29, 1.82) is 0 Å². The third-order valence-corrected chi connectivity index (χ3v) is 5.32. The molecule has 0 aromatic carbocycles. The Morgan fingerprint density at radius 1 is 1.24 bits per heavy atom. The van der Waals surface area contributed by atoms with E-state index in [1.165, 1.54) is 12.0 Å². The Kier molecular flexibility index (Phi) is 8.22. The second kappa shape index (κ2) is 11.3. The van der Waals surface area contributed by atoms with Crippen molar-refractivity contribution in [1.82, 2.24) is 20.3 Å². The van der Waals surface area contributed by atoms with Gasteiger partial charge < -0.3 is 15.5 Å². The zero-order valence-electron chi connectivity index (χ0n) is 17.3. The largest absolute Gasteiger partial charge is 0.370 e. The summed E-state index contributed by atoms with van der Waals surface area (Å²) in [7, 11) is 0. The summed E-state index contributed by atoms with van der Waals surface area (Å²) >= 11 is 0. The van der Waals surface area contributed by atoms with Gasteiger partial charge in [-0.2, -0.15) is 0 Å². The standard InChI is InChI=1S/C22H32N6O/c1-2-10-24-20-15-21(27-17-26-20)28-14-3-4-19(16-28)5-6-22(29)25-13-9-18-7-11-23-12-8-18/h7-8,11-12,15,17,19H,2-6,9-10,13-14,16H2,1H3,(H,25,29)(H,24,26,27)/t19-/m0/s1. The van der Waals surface area contributed by atoms with Crippen LogP contribution in [0.4, 0.5) is 11.6 Å². The van der Waals surface area contributed by atoms with Gasteiger partial charge in [0.2, 0.25) is 5.91 Å². The molecule has 1 fully saturated rings. The SMILES string of the molecule is CCCNc1cc(N2CCC[C@@H](CCC(=O)NCCc3ccncc3)C2)ncn1. The van der Waals surface area contributed by atoms with Gasteiger partial charge >= 0.3 is 0 Å². The van der Waals surface area contributed by atoms with Gasteiger partial charge in [0.05, 0.1) is 0 Å². The van der Waals surface area contributed by atoms with Crippen LogP contribution in [0.25, 0.3) is 0 Å². The molecule has 0 spiro atoms. The molecule has 3 heterocycles. The number of hydrogen-bond acceptors (Lipinski definition) is 6. The number of nitrogens with one attached hydrogen (secondary N) is 2. The van der Waals surface area contributed by atoms with E-state index in [2.05, 4.69) is 37.4 Å². The molecule has 0 bridgehead atoms. The van der Waals surface area contributed by atoms with Gasteiger partial charge in [-0.15, -0.1) is 0 Å². The van der Waals surface area contributed by atoms with Gasteiger partial charge in [0.25, 0.3) is 0 Å². The van der Waals surface area contributed by atoms with E-state index < -0.39 is 0 Å². The van der Waals surface area contributed by atoms with E-state index in [1.54, 1.807) is 18.7 Å². The molecule has 2 N–H and O–H groups in total. The van der Waals surface area contributed by atoms with E-state index in [-0.39, 0.29) is 5.91 Å². The van der Waals surface area contributed by atoms with Crippen molar-refractivity contribution >= 4 is 17.5 Å². The summed E-state index contributed by atoms with van der Waals surface area (Å²) in [5.74, 6) is 2.53. The minimum Gasteiger partial charge on any atom is -0.370 e. The Bertz CT molecular complexity index is 754. The summed E-state index contributed by atoms with van der Waals surface area (Å²) in [5, 5.41) is 6.36. The minimum atomic E-state index is 0.143. The molecule has 0 saturated carbocycles. The first-order chi connectivity index (χ1) is 14.2. The van der Waals surface area contributed by atoms with Crippen LogP contribution in [0.5, 0.6) is 0 Å². The molecule has 7 heteroatoms. The molecule has 0 radical (unpaired) electrons. The average Bonchev–Trinajstić information content (AvgIpc) is 2.77. The van der Waals surface area contributed by atoms with Gasteiger partial charge in [0.15, 0.2) is 0 Å². The van der Waals surface area contributed by atoms with E-state index in [0.717, 1.165) is 57.0 Å². The maximum Gasteiger partial charge on any atom is 0.220 e. The molecule has 3 rings (SSSR count). The summed E-state index contributed by atoms with van der Waals surface area (Å²) in [6.45, 7) is 5.69. The van der Waals surface area contributed by atoms with E-state index in [1.807, 2.05) is 18.2 Å². The van der Waals surface area contributed by atoms with Crippen molar-refractivity contribution in [2.75, 3.05) is 36.4 Å². The first-order valence-electron chi connectivity index (χ1n) is 10.7. The van der Waals surface area contributed by atoms with Crippen molar-refractivity contribution in [3.05, 3.63) is 42.5 Å². The van der Waals surface area contributed by atoms with Gasteiger partial charge in [-0.05, 0) is 55.7 Å². The van der Waals surface area contributed by atoms with E-state index in [4.69, 9.17) is 0 Å². The Morgan fingerprint density at radius 2 is 2.10 bits per heavy atom. The molecule has 29 heavy (non-hydrogen) atoms. The molecule has 156 valence electrons. The third kappa shape index (κ3) is 7.00. The first-order valence-corrected chi connectivity index (χ1v) is 10.7. The highest BCUT2D eigenvalue weighted by atomic mass is 16.1. The number of anilines is 2. The lowest BCUT2D eigenvalue weighted by atomic mass is 9.93. The van der Waals surface area contributed by atoms with Gasteiger partial charge in [-0.3, -0.25) is 9.78 Å². The number of piperidine rings is 1. The smallest absolute Gasteiger partial charge is 0.220 e. The molecule has 0 aliphatic carbocycles. The van der Waals surface area contributed by atoms with Gasteiger partial charge in [0, 0.05) is 51.1 Å². The molecule has 1 aliphatic rings. The van der Waals surface area contributed by atoms with Crippen LogP contribution in [-0.4, -0.2) is 47.0 Å². The first kappa shape index (κ1) is 21.0. The van der Waals surface area contributed by atoms with Crippen LogP contribution < -0.4 is 15.5 Å². The maximum absolute atomic E-state index is 12.2. The summed E-state index contributed by atoms with van der Waals surface area (Å²) < 4.78 is 0. The molecule has 0 unspecified atom stereocenters. The van der Waals surface area contributed by atoms with Crippen LogP contribution in [0.1, 0.15) is 44.6 Å². The summed E-state index contributed by atoms with van der Waals surface area (Å²) in [5.41, 5.74) is 1.20. The maximum atomic E-state index is 12.2. The number of pyridine rings is 1. The third-order valence-electron chi connectivity index (χ3n) is 5.32. The van der Waals surface area contributed by atoms with Crippen molar-refractivity contribution in [2.24, 2.45) is 5.92 Å². The van der Waals surface area contributed by atoms with Gasteiger partial charge in [-0.25, -0.2) is 9.97 Å².